The molecule has 7 heteroatoms. The Labute approximate surface area is 149 Å². The molecule has 0 radical (unpaired) electrons. The number of ether oxygens (including phenoxy) is 1. The van der Waals surface area contributed by atoms with E-state index in [0.29, 0.717) is 36.8 Å². The summed E-state index contributed by atoms with van der Waals surface area (Å²) in [4.78, 5) is 6.70. The van der Waals surface area contributed by atoms with Gasteiger partial charge in [-0.25, -0.2) is 8.42 Å². The van der Waals surface area contributed by atoms with Crippen molar-refractivity contribution in [1.29, 1.82) is 0 Å². The molecule has 2 heterocycles. The van der Waals surface area contributed by atoms with Gasteiger partial charge in [-0.05, 0) is 42.3 Å². The number of nitrogens with zero attached hydrogens (tertiary/aromatic N) is 3. The number of rotatable bonds is 5. The van der Waals surface area contributed by atoms with Gasteiger partial charge in [0, 0.05) is 45.1 Å². The molecule has 0 atom stereocenters. The van der Waals surface area contributed by atoms with Crippen LogP contribution in [0.1, 0.15) is 11.1 Å². The lowest BCUT2D eigenvalue weighted by molar-refractivity contribution is 0.181. The second kappa shape index (κ2) is 7.51. The normalized spacial score (nSPS) is 16.7. The van der Waals surface area contributed by atoms with E-state index in [1.807, 2.05) is 25.3 Å². The Hall–Kier alpha value is -1.96. The van der Waals surface area contributed by atoms with Gasteiger partial charge in [-0.2, -0.15) is 4.31 Å². The van der Waals surface area contributed by atoms with Crippen LogP contribution in [-0.2, 0) is 16.6 Å². The first-order valence-corrected chi connectivity index (χ1v) is 9.71. The van der Waals surface area contributed by atoms with Crippen LogP contribution >= 0.6 is 0 Å². The maximum Gasteiger partial charge on any atom is 0.243 e. The highest BCUT2D eigenvalue weighted by Crippen LogP contribution is 2.24. The first-order valence-electron chi connectivity index (χ1n) is 8.27. The lowest BCUT2D eigenvalue weighted by Gasteiger charge is -2.34. The number of sulfonamides is 1. The fourth-order valence-corrected chi connectivity index (χ4v) is 4.55. The molecule has 0 bridgehead atoms. The van der Waals surface area contributed by atoms with E-state index in [0.717, 1.165) is 17.7 Å². The molecule has 1 saturated heterocycles. The second-order valence-corrected chi connectivity index (χ2v) is 8.11. The van der Waals surface area contributed by atoms with Gasteiger partial charge < -0.3 is 4.74 Å². The standard InChI is InChI=1S/C18H23N3O3S/c1-15-12-17(5-6-18(15)24-2)25(22,23)21-10-8-20(9-11-21)14-16-4-3-7-19-13-16/h3-7,12-13H,8-11,14H2,1-2H3. The van der Waals surface area contributed by atoms with Crippen molar-refractivity contribution in [2.45, 2.75) is 18.4 Å². The molecule has 1 aromatic carbocycles. The molecule has 0 saturated carbocycles. The van der Waals surface area contributed by atoms with Crippen LogP contribution in [0.25, 0.3) is 0 Å². The highest BCUT2D eigenvalue weighted by molar-refractivity contribution is 7.89. The molecule has 6 nitrogen and oxygen atoms in total. The number of piperazine rings is 1. The summed E-state index contributed by atoms with van der Waals surface area (Å²) in [6.45, 7) is 5.06. The van der Waals surface area contributed by atoms with Crippen LogP contribution in [0.5, 0.6) is 5.75 Å². The number of hydrogen-bond acceptors (Lipinski definition) is 5. The number of methoxy groups -OCH3 is 1. The highest BCUT2D eigenvalue weighted by Gasteiger charge is 2.28. The summed E-state index contributed by atoms with van der Waals surface area (Å²) >= 11 is 0. The summed E-state index contributed by atoms with van der Waals surface area (Å²) in [5.74, 6) is 0.695. The SMILES string of the molecule is COc1ccc(S(=O)(=O)N2CCN(Cc3cccnc3)CC2)cc1C. The molecule has 0 amide bonds. The molecule has 0 N–H and O–H groups in total. The van der Waals surface area contributed by atoms with Crippen molar-refractivity contribution in [3.8, 4) is 5.75 Å². The zero-order valence-corrected chi connectivity index (χ0v) is 15.4. The van der Waals surface area contributed by atoms with E-state index in [1.165, 1.54) is 0 Å². The van der Waals surface area contributed by atoms with Crippen LogP contribution in [0.2, 0.25) is 0 Å². The molecule has 25 heavy (non-hydrogen) atoms. The Morgan fingerprint density at radius 3 is 2.52 bits per heavy atom. The summed E-state index contributed by atoms with van der Waals surface area (Å²) < 4.78 is 32.5. The van der Waals surface area contributed by atoms with Crippen molar-refractivity contribution < 1.29 is 13.2 Å². The molecule has 0 aliphatic carbocycles. The number of hydrogen-bond donors (Lipinski definition) is 0. The zero-order chi connectivity index (χ0) is 17.9. The van der Waals surface area contributed by atoms with E-state index >= 15 is 0 Å². The molecule has 1 aliphatic heterocycles. The van der Waals surface area contributed by atoms with Crippen molar-refractivity contribution in [1.82, 2.24) is 14.2 Å². The van der Waals surface area contributed by atoms with Crippen molar-refractivity contribution in [2.24, 2.45) is 0 Å². The predicted molar refractivity (Wildman–Crippen MR) is 96.0 cm³/mol. The van der Waals surface area contributed by atoms with Gasteiger partial charge in [0.2, 0.25) is 10.0 Å². The molecule has 0 unspecified atom stereocenters. The average molecular weight is 361 g/mol. The monoisotopic (exact) mass is 361 g/mol. The van der Waals surface area contributed by atoms with Crippen LogP contribution < -0.4 is 4.74 Å². The van der Waals surface area contributed by atoms with E-state index in [4.69, 9.17) is 4.74 Å². The van der Waals surface area contributed by atoms with Gasteiger partial charge in [0.25, 0.3) is 0 Å². The minimum Gasteiger partial charge on any atom is -0.496 e. The minimum atomic E-state index is -3.47. The quantitative estimate of drug-likeness (QED) is 0.814. The number of pyridine rings is 1. The van der Waals surface area contributed by atoms with Gasteiger partial charge in [-0.1, -0.05) is 6.07 Å². The third-order valence-electron chi connectivity index (χ3n) is 4.46. The largest absolute Gasteiger partial charge is 0.496 e. The van der Waals surface area contributed by atoms with Crippen LogP contribution in [0.15, 0.2) is 47.6 Å². The molecule has 1 aliphatic rings. The average Bonchev–Trinajstić information content (AvgIpc) is 2.63. The molecule has 134 valence electrons. The molecule has 0 spiro atoms. The van der Waals surface area contributed by atoms with Gasteiger partial charge in [-0.15, -0.1) is 0 Å². The molecule has 1 fully saturated rings. The Balaban J connectivity index is 1.66. The minimum absolute atomic E-state index is 0.325. The fourth-order valence-electron chi connectivity index (χ4n) is 3.04. The number of benzene rings is 1. The van der Waals surface area contributed by atoms with E-state index in [1.54, 1.807) is 35.8 Å². The number of aromatic nitrogens is 1. The molecular weight excluding hydrogens is 338 g/mol. The summed E-state index contributed by atoms with van der Waals surface area (Å²) in [5.41, 5.74) is 1.96. The van der Waals surface area contributed by atoms with Crippen molar-refractivity contribution >= 4 is 10.0 Å². The Bertz CT molecular complexity index is 817. The van der Waals surface area contributed by atoms with Crippen molar-refractivity contribution in [3.63, 3.8) is 0 Å². The zero-order valence-electron chi connectivity index (χ0n) is 14.6. The summed E-state index contributed by atoms with van der Waals surface area (Å²) in [6.07, 6.45) is 3.61. The van der Waals surface area contributed by atoms with Crippen LogP contribution in [0, 0.1) is 6.92 Å². The lowest BCUT2D eigenvalue weighted by atomic mass is 10.2. The highest BCUT2D eigenvalue weighted by atomic mass is 32.2. The van der Waals surface area contributed by atoms with Crippen LogP contribution in [0.4, 0.5) is 0 Å². The lowest BCUT2D eigenvalue weighted by Crippen LogP contribution is -2.48. The number of aryl methyl sites for hydroxylation is 1. The summed E-state index contributed by atoms with van der Waals surface area (Å²) in [7, 11) is -1.89. The van der Waals surface area contributed by atoms with E-state index < -0.39 is 10.0 Å². The maximum absolute atomic E-state index is 12.9. The Kier molecular flexibility index (Phi) is 5.36. The maximum atomic E-state index is 12.9. The van der Waals surface area contributed by atoms with E-state index in [9.17, 15) is 8.42 Å². The molecule has 2 aromatic rings. The van der Waals surface area contributed by atoms with Crippen molar-refractivity contribution in [2.75, 3.05) is 33.3 Å². The van der Waals surface area contributed by atoms with Gasteiger partial charge in [0.15, 0.2) is 0 Å². The van der Waals surface area contributed by atoms with Gasteiger partial charge in [-0.3, -0.25) is 9.88 Å². The van der Waals surface area contributed by atoms with E-state index in [2.05, 4.69) is 9.88 Å². The van der Waals surface area contributed by atoms with Crippen LogP contribution in [-0.4, -0.2) is 55.9 Å². The fraction of sp³-hybridized carbons (Fsp3) is 0.389. The third kappa shape index (κ3) is 4.00. The van der Waals surface area contributed by atoms with Gasteiger partial charge >= 0.3 is 0 Å². The third-order valence-corrected chi connectivity index (χ3v) is 6.36. The van der Waals surface area contributed by atoms with Gasteiger partial charge in [0.1, 0.15) is 5.75 Å². The smallest absolute Gasteiger partial charge is 0.243 e. The topological polar surface area (TPSA) is 62.7 Å². The first kappa shape index (κ1) is 17.8. The summed E-state index contributed by atoms with van der Waals surface area (Å²) in [6, 6.07) is 8.96. The first-order chi connectivity index (χ1) is 12.0. The molecular formula is C18H23N3O3S. The van der Waals surface area contributed by atoms with Crippen LogP contribution in [0.3, 0.4) is 0 Å². The molecule has 1 aromatic heterocycles. The molecule has 3 rings (SSSR count). The van der Waals surface area contributed by atoms with E-state index in [-0.39, 0.29) is 0 Å². The Morgan fingerprint density at radius 1 is 1.16 bits per heavy atom. The second-order valence-electron chi connectivity index (χ2n) is 6.17. The van der Waals surface area contributed by atoms with Gasteiger partial charge in [0.05, 0.1) is 12.0 Å². The summed E-state index contributed by atoms with van der Waals surface area (Å²) in [5, 5.41) is 0. The predicted octanol–water partition coefficient (Wildman–Crippen LogP) is 1.91. The Morgan fingerprint density at radius 2 is 1.92 bits per heavy atom. The van der Waals surface area contributed by atoms with Crippen molar-refractivity contribution in [3.05, 3.63) is 53.9 Å².